The Kier molecular flexibility index (Phi) is 25.6. The molecule has 0 rings (SSSR count). The predicted molar refractivity (Wildman–Crippen MR) is 119 cm³/mol. The Labute approximate surface area is 224 Å². The van der Waals surface area contributed by atoms with E-state index in [0.717, 1.165) is 32.1 Å². The van der Waals surface area contributed by atoms with Crippen LogP contribution < -0.4 is 51.4 Å². The number of unbranched alkanes of at least 4 members (excludes halogenated alkanes) is 13. The van der Waals surface area contributed by atoms with Crippen molar-refractivity contribution in [1.82, 2.24) is 0 Å². The molecule has 0 spiro atoms. The van der Waals surface area contributed by atoms with Gasteiger partial charge in [-0.05, 0) is 25.7 Å². The second-order valence-corrected chi connectivity index (χ2v) is 10.2. The zero-order valence-electron chi connectivity index (χ0n) is 19.7. The number of hydrogen-bond acceptors (Lipinski definition) is 4. The number of aliphatic hydroxyl groups excluding tert-OH is 1. The summed E-state index contributed by atoms with van der Waals surface area (Å²) in [5.74, 6) is 0. The molecule has 0 aliphatic carbocycles. The van der Waals surface area contributed by atoms with Crippen LogP contribution in [0.1, 0.15) is 136 Å². The van der Waals surface area contributed by atoms with Crippen LogP contribution in [-0.2, 0) is 10.1 Å². The first-order valence-corrected chi connectivity index (χ1v) is 13.5. The van der Waals surface area contributed by atoms with Gasteiger partial charge >= 0.3 is 51.4 Å². The van der Waals surface area contributed by atoms with Gasteiger partial charge in [0.25, 0.3) is 0 Å². The average Bonchev–Trinajstić information content (AvgIpc) is 2.64. The van der Waals surface area contributed by atoms with Crippen molar-refractivity contribution in [3.05, 3.63) is 0 Å². The summed E-state index contributed by atoms with van der Waals surface area (Å²) in [5.41, 5.74) is 0. The molecule has 6 heteroatoms. The van der Waals surface area contributed by atoms with Crippen molar-refractivity contribution < 1.29 is 69.5 Å². The van der Waals surface area contributed by atoms with Crippen LogP contribution in [0.2, 0.25) is 0 Å². The summed E-state index contributed by atoms with van der Waals surface area (Å²) < 4.78 is 33.9. The molecule has 0 saturated heterocycles. The van der Waals surface area contributed by atoms with Crippen molar-refractivity contribution >= 4 is 10.1 Å². The van der Waals surface area contributed by atoms with Gasteiger partial charge in [0.1, 0.15) is 0 Å². The first kappa shape index (κ1) is 32.7. The summed E-state index contributed by atoms with van der Waals surface area (Å²) in [5, 5.41) is 9.24. The number of rotatable bonds is 21. The van der Waals surface area contributed by atoms with Gasteiger partial charge in [-0.1, -0.05) is 110 Å². The van der Waals surface area contributed by atoms with Crippen molar-refractivity contribution in [3.63, 3.8) is 0 Å². The summed E-state index contributed by atoms with van der Waals surface area (Å²) in [7, 11) is -4.24. The van der Waals surface area contributed by atoms with Crippen LogP contribution >= 0.6 is 0 Å². The van der Waals surface area contributed by atoms with Crippen molar-refractivity contribution in [3.8, 4) is 0 Å². The molecule has 0 amide bonds. The first-order valence-electron chi connectivity index (χ1n) is 12.0. The van der Waals surface area contributed by atoms with E-state index in [2.05, 4.69) is 6.92 Å². The molecule has 0 aliphatic heterocycles. The van der Waals surface area contributed by atoms with Gasteiger partial charge < -0.3 is 9.66 Å². The van der Waals surface area contributed by atoms with Crippen LogP contribution in [0.4, 0.5) is 0 Å². The molecule has 170 valence electrons. The van der Waals surface area contributed by atoms with Gasteiger partial charge in [-0.3, -0.25) is 0 Å². The zero-order valence-corrected chi connectivity index (χ0v) is 23.6. The van der Waals surface area contributed by atoms with Gasteiger partial charge in [-0.25, -0.2) is 8.42 Å². The maximum absolute atomic E-state index is 11.3. The molecule has 0 heterocycles. The molecule has 0 radical (unpaired) electrons. The second-order valence-electron chi connectivity index (χ2n) is 8.52. The second kappa shape index (κ2) is 22.7. The molecule has 0 aromatic heterocycles. The van der Waals surface area contributed by atoms with E-state index in [1.165, 1.54) is 70.6 Å². The van der Waals surface area contributed by atoms with E-state index in [0.29, 0.717) is 19.3 Å². The van der Waals surface area contributed by atoms with Gasteiger partial charge in [-0.2, -0.15) is 0 Å². The van der Waals surface area contributed by atoms with Crippen LogP contribution in [0.5, 0.6) is 0 Å². The van der Waals surface area contributed by atoms with Crippen molar-refractivity contribution in [1.29, 1.82) is 0 Å². The molecule has 2 atom stereocenters. The van der Waals surface area contributed by atoms with Crippen LogP contribution in [0.15, 0.2) is 0 Å². The molecule has 4 nitrogen and oxygen atoms in total. The Morgan fingerprint density at radius 1 is 0.621 bits per heavy atom. The van der Waals surface area contributed by atoms with E-state index in [4.69, 9.17) is 0 Å². The monoisotopic (exact) mass is 458 g/mol. The SMILES string of the molecule is CCCCCCCCCCCCCCCC(O)CCC(CCCC)S(=O)(=O)[O-].[K+]. The van der Waals surface area contributed by atoms with Gasteiger partial charge in [0.05, 0.1) is 16.2 Å². The summed E-state index contributed by atoms with van der Waals surface area (Å²) in [4.78, 5) is 0. The van der Waals surface area contributed by atoms with E-state index < -0.39 is 21.5 Å². The van der Waals surface area contributed by atoms with E-state index in [1.807, 2.05) is 6.92 Å². The number of hydrogen-bond donors (Lipinski definition) is 1. The molecule has 0 aromatic rings. The summed E-state index contributed by atoms with van der Waals surface area (Å²) in [6.07, 6.45) is 19.9. The fraction of sp³-hybridized carbons (Fsp3) is 1.00. The van der Waals surface area contributed by atoms with Gasteiger partial charge in [-0.15, -0.1) is 0 Å². The molecule has 1 N–H and O–H groups in total. The molecule has 0 saturated carbocycles. The van der Waals surface area contributed by atoms with Gasteiger partial charge in [0, 0.05) is 5.25 Å². The molecule has 29 heavy (non-hydrogen) atoms. The van der Waals surface area contributed by atoms with Gasteiger partial charge in [0.2, 0.25) is 0 Å². The third-order valence-electron chi connectivity index (χ3n) is 5.75. The molecular formula is C23H47KO4S. The van der Waals surface area contributed by atoms with Crippen LogP contribution in [-0.4, -0.2) is 29.4 Å². The Morgan fingerprint density at radius 2 is 1.03 bits per heavy atom. The normalized spacial score (nSPS) is 13.8. The third-order valence-corrected chi connectivity index (χ3v) is 7.04. The Bertz CT molecular complexity index is 429. The molecule has 2 unspecified atom stereocenters. The van der Waals surface area contributed by atoms with E-state index in [9.17, 15) is 18.1 Å². The number of aliphatic hydroxyl groups is 1. The first-order chi connectivity index (χ1) is 13.4. The topological polar surface area (TPSA) is 77.4 Å². The fourth-order valence-corrected chi connectivity index (χ4v) is 4.67. The van der Waals surface area contributed by atoms with Gasteiger partial charge in [0.15, 0.2) is 0 Å². The maximum atomic E-state index is 11.3. The Hall–Kier alpha value is 1.51. The van der Waals surface area contributed by atoms with E-state index >= 15 is 0 Å². The minimum Gasteiger partial charge on any atom is -0.748 e. The van der Waals surface area contributed by atoms with E-state index in [1.54, 1.807) is 0 Å². The quantitative estimate of drug-likeness (QED) is 0.162. The van der Waals surface area contributed by atoms with Crippen LogP contribution in [0.3, 0.4) is 0 Å². The van der Waals surface area contributed by atoms with Crippen molar-refractivity contribution in [2.24, 2.45) is 0 Å². The standard InChI is InChI=1S/C23H48O4S.K/c1-3-5-7-8-9-10-11-12-13-14-15-16-17-18-22(24)20-21-23(19-6-4-2)28(25,26)27;/h22-24H,3-21H2,1-2H3,(H,25,26,27);/q;+1/p-1. The zero-order chi connectivity index (χ0) is 21.1. The van der Waals surface area contributed by atoms with Crippen LogP contribution in [0.25, 0.3) is 0 Å². The molecule has 0 aliphatic rings. The van der Waals surface area contributed by atoms with Crippen molar-refractivity contribution in [2.45, 2.75) is 147 Å². The maximum Gasteiger partial charge on any atom is 1.00 e. The average molecular weight is 459 g/mol. The fourth-order valence-electron chi connectivity index (χ4n) is 3.79. The Morgan fingerprint density at radius 3 is 1.45 bits per heavy atom. The smallest absolute Gasteiger partial charge is 0.748 e. The third kappa shape index (κ3) is 22.5. The van der Waals surface area contributed by atoms with Crippen LogP contribution in [0, 0.1) is 0 Å². The molecule has 0 aromatic carbocycles. The predicted octanol–water partition coefficient (Wildman–Crippen LogP) is 3.72. The van der Waals surface area contributed by atoms with Crippen molar-refractivity contribution in [2.75, 3.05) is 0 Å². The summed E-state index contributed by atoms with van der Waals surface area (Å²) >= 11 is 0. The molecule has 0 bridgehead atoms. The molecular weight excluding hydrogens is 411 g/mol. The Balaban J connectivity index is 0. The minimum atomic E-state index is -4.24. The largest absolute Gasteiger partial charge is 1.00 e. The summed E-state index contributed by atoms with van der Waals surface area (Å²) in [6, 6.07) is 0. The molecule has 0 fully saturated rings. The minimum absolute atomic E-state index is 0. The summed E-state index contributed by atoms with van der Waals surface area (Å²) in [6.45, 7) is 4.24. The van der Waals surface area contributed by atoms with E-state index in [-0.39, 0.29) is 51.4 Å².